The van der Waals surface area contributed by atoms with E-state index < -0.39 is 5.97 Å². The van der Waals surface area contributed by atoms with Crippen LogP contribution in [0.4, 0.5) is 0 Å². The van der Waals surface area contributed by atoms with Crippen molar-refractivity contribution in [1.82, 2.24) is 0 Å². The highest BCUT2D eigenvalue weighted by atomic mass is 16.5. The number of carboxylic acid groups (broad SMARTS) is 1. The van der Waals surface area contributed by atoms with Gasteiger partial charge in [0.1, 0.15) is 11.5 Å². The lowest BCUT2D eigenvalue weighted by Gasteiger charge is -1.99. The summed E-state index contributed by atoms with van der Waals surface area (Å²) in [6.07, 6.45) is 0. The molecule has 0 aliphatic heterocycles. The summed E-state index contributed by atoms with van der Waals surface area (Å²) in [6.45, 7) is 0.729. The summed E-state index contributed by atoms with van der Waals surface area (Å²) in [6, 6.07) is 25.4. The third kappa shape index (κ3) is 7.72. The number of aromatic carboxylic acids is 1. The molecule has 4 aromatic rings. The number of benzene rings is 4. The van der Waals surface area contributed by atoms with Gasteiger partial charge in [0.2, 0.25) is 0 Å². The van der Waals surface area contributed by atoms with Crippen LogP contribution >= 0.6 is 0 Å². The van der Waals surface area contributed by atoms with E-state index in [1.54, 1.807) is 60.7 Å². The average molecular weight is 511 g/mol. The van der Waals surface area contributed by atoms with Gasteiger partial charge in [0.15, 0.2) is 0 Å². The van der Waals surface area contributed by atoms with E-state index in [0.29, 0.717) is 46.7 Å². The van der Waals surface area contributed by atoms with Gasteiger partial charge in [-0.25, -0.2) is 4.79 Å². The lowest BCUT2D eigenvalue weighted by atomic mass is 10.0. The van der Waals surface area contributed by atoms with Gasteiger partial charge in [0, 0.05) is 33.4 Å². The van der Waals surface area contributed by atoms with E-state index in [-0.39, 0.29) is 5.56 Å². The van der Waals surface area contributed by atoms with Crippen molar-refractivity contribution in [2.45, 2.75) is 0 Å². The van der Waals surface area contributed by atoms with E-state index in [9.17, 15) is 14.4 Å². The lowest BCUT2D eigenvalue weighted by Crippen LogP contribution is -1.94. The van der Waals surface area contributed by atoms with Crippen LogP contribution < -0.4 is 9.47 Å². The van der Waals surface area contributed by atoms with E-state index in [1.807, 2.05) is 18.2 Å². The molecule has 6 nitrogen and oxygen atoms in total. The van der Waals surface area contributed by atoms with Crippen LogP contribution in [0, 0.1) is 35.5 Å². The molecule has 1 N–H and O–H groups in total. The summed E-state index contributed by atoms with van der Waals surface area (Å²) < 4.78 is 9.62. The fourth-order valence-corrected chi connectivity index (χ4v) is 3.32. The maximum atomic E-state index is 11.1. The minimum Gasteiger partial charge on any atom is -0.478 e. The van der Waals surface area contributed by atoms with Crippen molar-refractivity contribution in [3.05, 3.63) is 130 Å². The van der Waals surface area contributed by atoms with E-state index in [2.05, 4.69) is 35.5 Å². The van der Waals surface area contributed by atoms with Crippen LogP contribution in [0.25, 0.3) is 0 Å². The Morgan fingerprint density at radius 2 is 0.821 bits per heavy atom. The van der Waals surface area contributed by atoms with Crippen molar-refractivity contribution >= 4 is 18.9 Å². The van der Waals surface area contributed by atoms with Crippen LogP contribution in [0.2, 0.25) is 0 Å². The molecule has 6 heteroatoms. The second-order valence-electron chi connectivity index (χ2n) is 7.91. The predicted octanol–water partition coefficient (Wildman–Crippen LogP) is 4.65. The minimum absolute atomic E-state index is 0.187. The van der Waals surface area contributed by atoms with E-state index >= 15 is 0 Å². The topological polar surface area (TPSA) is 89.9 Å². The molecule has 39 heavy (non-hydrogen) atoms. The molecule has 0 fully saturated rings. The quantitative estimate of drug-likeness (QED) is 0.311. The third-order valence-corrected chi connectivity index (χ3v) is 5.20. The van der Waals surface area contributed by atoms with Gasteiger partial charge in [-0.3, -0.25) is 9.59 Å². The molecular weight excluding hydrogens is 492 g/mol. The van der Waals surface area contributed by atoms with Crippen molar-refractivity contribution in [2.75, 3.05) is 0 Å². The molecule has 0 aromatic heterocycles. The average Bonchev–Trinajstić information content (AvgIpc) is 2.96. The van der Waals surface area contributed by atoms with Gasteiger partial charge in [0.25, 0.3) is 12.9 Å². The number of carboxylic acids is 1. The Hall–Kier alpha value is -6.03. The first-order valence-electron chi connectivity index (χ1n) is 11.5. The molecule has 0 spiro atoms. The number of carbonyl (C=O) groups is 3. The molecule has 186 valence electrons. The van der Waals surface area contributed by atoms with Gasteiger partial charge in [0.05, 0.1) is 5.56 Å². The van der Waals surface area contributed by atoms with Gasteiger partial charge in [-0.05, 0) is 91.0 Å². The number of carbonyl (C=O) groups excluding carboxylic acids is 2. The molecule has 4 aromatic carbocycles. The highest BCUT2D eigenvalue weighted by Crippen LogP contribution is 2.14. The molecule has 0 amide bonds. The Morgan fingerprint density at radius 3 is 1.13 bits per heavy atom. The van der Waals surface area contributed by atoms with E-state index in [4.69, 9.17) is 14.6 Å². The Morgan fingerprint density at radius 1 is 0.513 bits per heavy atom. The van der Waals surface area contributed by atoms with Crippen LogP contribution in [-0.4, -0.2) is 24.0 Å². The number of rotatable bonds is 5. The van der Waals surface area contributed by atoms with Crippen molar-refractivity contribution in [3.63, 3.8) is 0 Å². The van der Waals surface area contributed by atoms with E-state index in [0.717, 1.165) is 11.1 Å². The smallest absolute Gasteiger partial charge is 0.335 e. The third-order valence-electron chi connectivity index (χ3n) is 5.20. The minimum atomic E-state index is -0.999. The lowest BCUT2D eigenvalue weighted by molar-refractivity contribution is -0.121. The molecule has 0 aliphatic carbocycles. The summed E-state index contributed by atoms with van der Waals surface area (Å²) in [5.41, 5.74) is 4.37. The zero-order valence-corrected chi connectivity index (χ0v) is 20.3. The maximum absolute atomic E-state index is 11.1. The SMILES string of the molecule is O=COc1ccc(C#Cc2cc(C#Cc3ccc(OC=O)cc3)cc(C#Cc3ccc(C(=O)O)cc3)c2)cc1. The monoisotopic (exact) mass is 510 g/mol. The van der Waals surface area contributed by atoms with Gasteiger partial charge in [-0.15, -0.1) is 0 Å². The highest BCUT2D eigenvalue weighted by molar-refractivity contribution is 5.87. The summed E-state index contributed by atoms with van der Waals surface area (Å²) in [5.74, 6) is 18.4. The van der Waals surface area contributed by atoms with Gasteiger partial charge in [-0.1, -0.05) is 35.5 Å². The predicted molar refractivity (Wildman–Crippen MR) is 144 cm³/mol. The molecule has 4 rings (SSSR count). The molecule has 0 aliphatic rings. The maximum Gasteiger partial charge on any atom is 0.335 e. The molecule has 0 saturated heterocycles. The summed E-state index contributed by atoms with van der Waals surface area (Å²) in [5, 5.41) is 9.08. The van der Waals surface area contributed by atoms with Crippen molar-refractivity contribution in [3.8, 4) is 47.0 Å². The summed E-state index contributed by atoms with van der Waals surface area (Å²) >= 11 is 0. The first-order chi connectivity index (χ1) is 19.0. The number of hydrogen-bond acceptors (Lipinski definition) is 5. The molecule has 0 atom stereocenters. The van der Waals surface area contributed by atoms with Crippen molar-refractivity contribution < 1.29 is 29.0 Å². The zero-order valence-electron chi connectivity index (χ0n) is 20.3. The molecule has 0 bridgehead atoms. The normalized spacial score (nSPS) is 9.33. The van der Waals surface area contributed by atoms with Crippen LogP contribution in [0.15, 0.2) is 91.0 Å². The Labute approximate surface area is 224 Å². The van der Waals surface area contributed by atoms with Crippen molar-refractivity contribution in [1.29, 1.82) is 0 Å². The summed E-state index contributed by atoms with van der Waals surface area (Å²) in [7, 11) is 0. The second-order valence-corrected chi connectivity index (χ2v) is 7.91. The Bertz CT molecular complexity index is 1610. The van der Waals surface area contributed by atoms with Crippen LogP contribution in [0.1, 0.15) is 43.7 Å². The van der Waals surface area contributed by atoms with Crippen LogP contribution in [0.5, 0.6) is 11.5 Å². The highest BCUT2D eigenvalue weighted by Gasteiger charge is 2.01. The fourth-order valence-electron chi connectivity index (χ4n) is 3.32. The van der Waals surface area contributed by atoms with E-state index in [1.165, 1.54) is 12.1 Å². The molecule has 0 heterocycles. The molecule has 0 unspecified atom stereocenters. The summed E-state index contributed by atoms with van der Waals surface area (Å²) in [4.78, 5) is 32.1. The molecule has 0 radical (unpaired) electrons. The van der Waals surface area contributed by atoms with Gasteiger partial charge >= 0.3 is 5.97 Å². The van der Waals surface area contributed by atoms with Crippen LogP contribution in [0.3, 0.4) is 0 Å². The zero-order chi connectivity index (χ0) is 27.5. The first-order valence-corrected chi connectivity index (χ1v) is 11.5. The van der Waals surface area contributed by atoms with Crippen molar-refractivity contribution in [2.24, 2.45) is 0 Å². The number of ether oxygens (including phenoxy) is 2. The van der Waals surface area contributed by atoms with Crippen LogP contribution in [-0.2, 0) is 9.59 Å². The van der Waals surface area contributed by atoms with Gasteiger partial charge in [-0.2, -0.15) is 0 Å². The molecular formula is C33H18O6. The fraction of sp³-hybridized carbons (Fsp3) is 0. The molecule has 0 saturated carbocycles. The Kier molecular flexibility index (Phi) is 8.54. The second kappa shape index (κ2) is 12.8. The first kappa shape index (κ1) is 26.0. The standard InChI is InChI=1S/C33H18O6/c34-22-38-31-15-9-25(10-16-31)2-5-28-19-27(4-1-24-7-13-30(14-8-24)33(36)37)20-29(21-28)6-3-26-11-17-32(18-12-26)39-23-35/h7-23H,(H,36,37). The number of hydrogen-bond donors (Lipinski definition) is 1. The van der Waals surface area contributed by atoms with Gasteiger partial charge < -0.3 is 14.6 Å². The Balaban J connectivity index is 1.66. The largest absolute Gasteiger partial charge is 0.478 e.